The number of anilines is 1. The van der Waals surface area contributed by atoms with Gasteiger partial charge in [0.25, 0.3) is 10.0 Å². The molecule has 0 unspecified atom stereocenters. The van der Waals surface area contributed by atoms with Crippen LogP contribution < -0.4 is 14.4 Å². The minimum atomic E-state index is -4.20. The highest BCUT2D eigenvalue weighted by atomic mass is 79.9. The third kappa shape index (κ3) is 8.98. The lowest BCUT2D eigenvalue weighted by molar-refractivity contribution is -0.140. The number of amides is 2. The van der Waals surface area contributed by atoms with Crippen molar-refractivity contribution in [1.82, 2.24) is 10.2 Å². The number of sulfonamides is 1. The van der Waals surface area contributed by atoms with E-state index in [9.17, 15) is 18.0 Å². The molecule has 0 spiro atoms. The van der Waals surface area contributed by atoms with E-state index in [1.165, 1.54) is 24.1 Å². The molecule has 10 heteroatoms. The van der Waals surface area contributed by atoms with Gasteiger partial charge in [-0.3, -0.25) is 13.9 Å². The van der Waals surface area contributed by atoms with Crippen LogP contribution in [0.5, 0.6) is 5.75 Å². The molecule has 0 aromatic heterocycles. The molecule has 4 aromatic carbocycles. The number of aryl methyl sites for hydroxylation is 1. The third-order valence-corrected chi connectivity index (χ3v) is 10.1. The molecule has 0 bridgehead atoms. The number of nitrogens with zero attached hydrogens (tertiary/aromatic N) is 2. The molecule has 2 amide bonds. The molecule has 0 saturated heterocycles. The second kappa shape index (κ2) is 15.9. The minimum Gasteiger partial charge on any atom is -0.497 e. The zero-order chi connectivity index (χ0) is 33.3. The van der Waals surface area contributed by atoms with Gasteiger partial charge in [-0.2, -0.15) is 0 Å². The Labute approximate surface area is 280 Å². The van der Waals surface area contributed by atoms with Crippen molar-refractivity contribution in [3.05, 3.63) is 124 Å². The summed E-state index contributed by atoms with van der Waals surface area (Å²) in [7, 11) is -2.70. The summed E-state index contributed by atoms with van der Waals surface area (Å²) >= 11 is 3.46. The van der Waals surface area contributed by atoms with Gasteiger partial charge in [0, 0.05) is 23.5 Å². The van der Waals surface area contributed by atoms with Crippen LogP contribution in [0, 0.1) is 6.92 Å². The molecule has 8 nitrogen and oxygen atoms in total. The van der Waals surface area contributed by atoms with Gasteiger partial charge in [0.15, 0.2) is 0 Å². The largest absolute Gasteiger partial charge is 0.497 e. The first-order valence-corrected chi connectivity index (χ1v) is 17.4. The first-order chi connectivity index (χ1) is 22.0. The van der Waals surface area contributed by atoms with Crippen molar-refractivity contribution >= 4 is 43.5 Å². The van der Waals surface area contributed by atoms with Crippen LogP contribution in [0.4, 0.5) is 5.69 Å². The molecule has 0 aliphatic carbocycles. The maximum atomic E-state index is 14.5. The van der Waals surface area contributed by atoms with Crippen molar-refractivity contribution in [2.45, 2.75) is 57.1 Å². The highest BCUT2D eigenvalue weighted by molar-refractivity contribution is 9.10. The summed E-state index contributed by atoms with van der Waals surface area (Å²) in [4.78, 5) is 30.0. The molecule has 242 valence electrons. The van der Waals surface area contributed by atoms with Crippen LogP contribution in [0.2, 0.25) is 0 Å². The van der Waals surface area contributed by atoms with Crippen LogP contribution in [-0.2, 0) is 32.6 Å². The Morgan fingerprint density at radius 1 is 0.870 bits per heavy atom. The number of carbonyl (C=O) groups is 2. The van der Waals surface area contributed by atoms with Gasteiger partial charge < -0.3 is 15.0 Å². The van der Waals surface area contributed by atoms with Crippen molar-refractivity contribution in [2.75, 3.05) is 18.0 Å². The van der Waals surface area contributed by atoms with Gasteiger partial charge in [-0.25, -0.2) is 8.42 Å². The zero-order valence-electron chi connectivity index (χ0n) is 26.5. The standard InChI is InChI=1S/C36H40BrN3O5S/c1-5-27(3)38-36(42)34(23-28-9-7-6-8-10-28)39(24-29-13-15-30(37)16-14-29)35(41)25-40(31-17-11-26(2)12-18-31)46(43,44)33-21-19-32(45-4)20-22-33/h6-22,27,34H,5,23-25H2,1-4H3,(H,38,42)/t27-,34+/m0/s1. The lowest BCUT2D eigenvalue weighted by atomic mass is 10.0. The van der Waals surface area contributed by atoms with Crippen LogP contribution in [-0.4, -0.2) is 50.9 Å². The maximum absolute atomic E-state index is 14.5. The van der Waals surface area contributed by atoms with Crippen molar-refractivity contribution in [3.63, 3.8) is 0 Å². The van der Waals surface area contributed by atoms with Gasteiger partial charge in [0.1, 0.15) is 18.3 Å². The van der Waals surface area contributed by atoms with E-state index < -0.39 is 28.5 Å². The van der Waals surface area contributed by atoms with E-state index in [2.05, 4.69) is 21.2 Å². The molecule has 46 heavy (non-hydrogen) atoms. The molecule has 0 heterocycles. The van der Waals surface area contributed by atoms with E-state index in [-0.39, 0.29) is 29.8 Å². The summed E-state index contributed by atoms with van der Waals surface area (Å²) in [5.74, 6) is -0.307. The quantitative estimate of drug-likeness (QED) is 0.161. The van der Waals surface area contributed by atoms with Gasteiger partial charge >= 0.3 is 0 Å². The third-order valence-electron chi connectivity index (χ3n) is 7.79. The number of hydrogen-bond donors (Lipinski definition) is 1. The predicted molar refractivity (Wildman–Crippen MR) is 185 cm³/mol. The summed E-state index contributed by atoms with van der Waals surface area (Å²) < 4.78 is 35.6. The summed E-state index contributed by atoms with van der Waals surface area (Å²) in [5, 5.41) is 3.05. The van der Waals surface area contributed by atoms with E-state index in [4.69, 9.17) is 4.74 Å². The molecule has 1 N–H and O–H groups in total. The fourth-order valence-electron chi connectivity index (χ4n) is 4.90. The van der Waals surface area contributed by atoms with E-state index in [0.717, 1.165) is 25.5 Å². The van der Waals surface area contributed by atoms with Crippen LogP contribution >= 0.6 is 15.9 Å². The Morgan fingerprint density at radius 2 is 1.50 bits per heavy atom. The number of benzene rings is 4. The Kier molecular flexibility index (Phi) is 12.0. The number of methoxy groups -OCH3 is 1. The zero-order valence-corrected chi connectivity index (χ0v) is 28.9. The highest BCUT2D eigenvalue weighted by Gasteiger charge is 2.35. The van der Waals surface area contributed by atoms with Gasteiger partial charge in [0.2, 0.25) is 11.8 Å². The van der Waals surface area contributed by atoms with Gasteiger partial charge in [-0.05, 0) is 79.9 Å². The number of halogens is 1. The summed E-state index contributed by atoms with van der Waals surface area (Å²) in [6.07, 6.45) is 0.965. The van der Waals surface area contributed by atoms with Crippen molar-refractivity contribution < 1.29 is 22.7 Å². The second-order valence-corrected chi connectivity index (χ2v) is 14.0. The number of nitrogens with one attached hydrogen (secondary N) is 1. The first-order valence-electron chi connectivity index (χ1n) is 15.1. The van der Waals surface area contributed by atoms with Gasteiger partial charge in [-0.15, -0.1) is 0 Å². The van der Waals surface area contributed by atoms with Crippen molar-refractivity contribution in [2.24, 2.45) is 0 Å². The van der Waals surface area contributed by atoms with Crippen molar-refractivity contribution in [3.8, 4) is 5.75 Å². The molecule has 2 atom stereocenters. The molecule has 4 aromatic rings. The fraction of sp³-hybridized carbons (Fsp3) is 0.278. The molecule has 0 saturated carbocycles. The molecular formula is C36H40BrN3O5S. The smallest absolute Gasteiger partial charge is 0.264 e. The molecule has 0 fully saturated rings. The first kappa shape index (κ1) is 34.7. The minimum absolute atomic E-state index is 0.0106. The monoisotopic (exact) mass is 705 g/mol. The molecular weight excluding hydrogens is 666 g/mol. The van der Waals surface area contributed by atoms with E-state index in [0.29, 0.717) is 17.9 Å². The number of rotatable bonds is 14. The SMILES string of the molecule is CC[C@H](C)NC(=O)[C@@H](Cc1ccccc1)N(Cc1ccc(Br)cc1)C(=O)CN(c1ccc(C)cc1)S(=O)(=O)c1ccc(OC)cc1. The number of hydrogen-bond acceptors (Lipinski definition) is 5. The predicted octanol–water partition coefficient (Wildman–Crippen LogP) is 6.52. The summed E-state index contributed by atoms with van der Waals surface area (Å²) in [6, 6.07) is 29.0. The molecule has 0 aliphatic rings. The fourth-order valence-corrected chi connectivity index (χ4v) is 6.57. The Hall–Kier alpha value is -4.15. The van der Waals surface area contributed by atoms with Crippen LogP contribution in [0.3, 0.4) is 0 Å². The molecule has 0 aliphatic heterocycles. The topological polar surface area (TPSA) is 96.0 Å². The average molecular weight is 707 g/mol. The van der Waals surface area contributed by atoms with E-state index >= 15 is 0 Å². The van der Waals surface area contributed by atoms with Gasteiger partial charge in [0.05, 0.1) is 17.7 Å². The highest BCUT2D eigenvalue weighted by Crippen LogP contribution is 2.27. The lowest BCUT2D eigenvalue weighted by Crippen LogP contribution is -2.54. The summed E-state index contributed by atoms with van der Waals surface area (Å²) in [5.41, 5.74) is 2.95. The Balaban J connectivity index is 1.80. The van der Waals surface area contributed by atoms with Gasteiger partial charge in [-0.1, -0.05) is 83.0 Å². The second-order valence-electron chi connectivity index (χ2n) is 11.2. The molecule has 0 radical (unpaired) electrons. The lowest BCUT2D eigenvalue weighted by Gasteiger charge is -2.34. The van der Waals surface area contributed by atoms with Crippen molar-refractivity contribution in [1.29, 1.82) is 0 Å². The molecule has 4 rings (SSSR count). The average Bonchev–Trinajstić information content (AvgIpc) is 3.06. The van der Waals surface area contributed by atoms with Crippen LogP contribution in [0.15, 0.2) is 112 Å². The normalized spacial score (nSPS) is 12.5. The van der Waals surface area contributed by atoms with Crippen LogP contribution in [0.25, 0.3) is 0 Å². The maximum Gasteiger partial charge on any atom is 0.264 e. The van der Waals surface area contributed by atoms with E-state index in [1.807, 2.05) is 75.4 Å². The van der Waals surface area contributed by atoms with Crippen LogP contribution in [0.1, 0.15) is 37.0 Å². The number of ether oxygens (including phenoxy) is 1. The Morgan fingerprint density at radius 3 is 2.09 bits per heavy atom. The Bertz CT molecular complexity index is 1700. The number of carbonyl (C=O) groups excluding carboxylic acids is 2. The van der Waals surface area contributed by atoms with E-state index in [1.54, 1.807) is 36.4 Å². The summed E-state index contributed by atoms with van der Waals surface area (Å²) in [6.45, 7) is 5.38.